The van der Waals surface area contributed by atoms with Gasteiger partial charge in [0.25, 0.3) is 0 Å². The van der Waals surface area contributed by atoms with E-state index in [2.05, 4.69) is 82.5 Å². The monoisotopic (exact) mass is 429 g/mol. The Kier molecular flexibility index (Phi) is 5.76. The molecule has 5 heteroatoms. The van der Waals surface area contributed by atoms with Crippen molar-refractivity contribution < 1.29 is 0 Å². The molecule has 2 saturated heterocycles. The van der Waals surface area contributed by atoms with Crippen molar-refractivity contribution in [3.63, 3.8) is 0 Å². The van der Waals surface area contributed by atoms with Crippen LogP contribution < -0.4 is 10.2 Å². The van der Waals surface area contributed by atoms with Crippen molar-refractivity contribution in [3.05, 3.63) is 58.8 Å². The third-order valence-electron chi connectivity index (χ3n) is 7.65. The molecule has 3 heterocycles. The lowest BCUT2D eigenvalue weighted by atomic mass is 9.98. The summed E-state index contributed by atoms with van der Waals surface area (Å²) in [6.45, 7) is 13.5. The number of anilines is 2. The van der Waals surface area contributed by atoms with E-state index in [9.17, 15) is 0 Å². The minimum absolute atomic E-state index is 0.158. The third-order valence-corrected chi connectivity index (χ3v) is 7.65. The summed E-state index contributed by atoms with van der Waals surface area (Å²) in [5.74, 6) is 0.872. The van der Waals surface area contributed by atoms with Crippen LogP contribution in [0.15, 0.2) is 36.4 Å². The van der Waals surface area contributed by atoms with Crippen LogP contribution >= 0.6 is 0 Å². The van der Waals surface area contributed by atoms with Gasteiger partial charge in [0.05, 0.1) is 11.7 Å². The molecule has 0 aliphatic carbocycles. The van der Waals surface area contributed by atoms with Crippen LogP contribution in [0.25, 0.3) is 10.8 Å². The molecule has 2 aliphatic rings. The molecule has 32 heavy (non-hydrogen) atoms. The van der Waals surface area contributed by atoms with Gasteiger partial charge in [-0.05, 0) is 88.9 Å². The fourth-order valence-corrected chi connectivity index (χ4v) is 5.30. The fourth-order valence-electron chi connectivity index (χ4n) is 5.30. The van der Waals surface area contributed by atoms with Crippen LogP contribution in [-0.2, 0) is 0 Å². The van der Waals surface area contributed by atoms with E-state index in [1.165, 1.54) is 60.1 Å². The Morgan fingerprint density at radius 2 is 1.72 bits per heavy atom. The zero-order chi connectivity index (χ0) is 22.2. The molecule has 2 fully saturated rings. The number of aromatic nitrogens is 2. The minimum atomic E-state index is 0.158. The molecule has 0 bridgehead atoms. The number of nitrogens with one attached hydrogen (secondary N) is 1. The normalized spacial score (nSPS) is 18.6. The lowest BCUT2D eigenvalue weighted by molar-refractivity contribution is 0.100. The van der Waals surface area contributed by atoms with Gasteiger partial charge in [-0.15, -0.1) is 5.10 Å². The second kappa shape index (κ2) is 8.70. The molecule has 0 unspecified atom stereocenters. The summed E-state index contributed by atoms with van der Waals surface area (Å²) in [6.07, 6.45) is 3.91. The molecule has 0 spiro atoms. The first-order chi connectivity index (χ1) is 15.5. The Hall–Kier alpha value is -2.66. The summed E-state index contributed by atoms with van der Waals surface area (Å²) in [4.78, 5) is 5.21. The average Bonchev–Trinajstić information content (AvgIpc) is 2.76. The molecule has 0 amide bonds. The number of likely N-dealkylation sites (tertiary alicyclic amines) is 1. The molecule has 2 aliphatic heterocycles. The van der Waals surface area contributed by atoms with Gasteiger partial charge in [-0.25, -0.2) is 0 Å². The van der Waals surface area contributed by atoms with Gasteiger partial charge in [-0.3, -0.25) is 0 Å². The maximum atomic E-state index is 4.58. The zero-order valence-electron chi connectivity index (χ0n) is 19.9. The predicted molar refractivity (Wildman–Crippen MR) is 134 cm³/mol. The number of rotatable bonds is 5. The van der Waals surface area contributed by atoms with Crippen molar-refractivity contribution >= 4 is 22.3 Å². The number of hydrogen-bond donors (Lipinski definition) is 1. The van der Waals surface area contributed by atoms with Gasteiger partial charge in [-0.1, -0.05) is 24.3 Å². The number of fused-ring (bicyclic) bond motifs is 1. The topological polar surface area (TPSA) is 44.3 Å². The van der Waals surface area contributed by atoms with Crippen LogP contribution in [0.2, 0.25) is 0 Å². The molecular formula is C27H35N5. The molecule has 5 nitrogen and oxygen atoms in total. The van der Waals surface area contributed by atoms with E-state index in [1.54, 1.807) is 0 Å². The molecule has 2 aromatic carbocycles. The quantitative estimate of drug-likeness (QED) is 0.588. The van der Waals surface area contributed by atoms with Gasteiger partial charge in [0.1, 0.15) is 0 Å². The van der Waals surface area contributed by atoms with Crippen molar-refractivity contribution in [3.8, 4) is 0 Å². The van der Waals surface area contributed by atoms with Gasteiger partial charge in [0, 0.05) is 35.6 Å². The Balaban J connectivity index is 1.41. The van der Waals surface area contributed by atoms with Crippen LogP contribution in [0, 0.1) is 20.8 Å². The lowest BCUT2D eigenvalue weighted by Gasteiger charge is -2.43. The largest absolute Gasteiger partial charge is 0.371 e. The van der Waals surface area contributed by atoms with Crippen LogP contribution in [0.1, 0.15) is 54.6 Å². The highest BCUT2D eigenvalue weighted by molar-refractivity contribution is 5.95. The molecule has 3 aromatic rings. The number of piperidine rings is 1. The number of benzene rings is 2. The SMILES string of the molecule is Cc1cccc([C@@H](C)Nc2nnc(C)c3ccc(N4CCC(N5CCC5)CC4)cc23)c1C. The first-order valence-electron chi connectivity index (χ1n) is 12.1. The molecule has 0 saturated carbocycles. The van der Waals surface area contributed by atoms with E-state index in [1.807, 2.05) is 6.92 Å². The highest BCUT2D eigenvalue weighted by atomic mass is 15.2. The smallest absolute Gasteiger partial charge is 0.157 e. The maximum Gasteiger partial charge on any atom is 0.157 e. The molecule has 0 radical (unpaired) electrons. The Bertz CT molecular complexity index is 1110. The van der Waals surface area contributed by atoms with E-state index < -0.39 is 0 Å². The van der Waals surface area contributed by atoms with Crippen LogP contribution in [0.3, 0.4) is 0 Å². The molecule has 1 atom stereocenters. The Labute approximate surface area is 191 Å². The summed E-state index contributed by atoms with van der Waals surface area (Å²) in [6, 6.07) is 14.3. The second-order valence-electron chi connectivity index (χ2n) is 9.63. The number of aryl methyl sites for hydroxylation is 2. The third kappa shape index (κ3) is 3.95. The van der Waals surface area contributed by atoms with E-state index in [4.69, 9.17) is 0 Å². The predicted octanol–water partition coefficient (Wildman–Crippen LogP) is 5.40. The Morgan fingerprint density at radius 1 is 0.938 bits per heavy atom. The molecule has 168 valence electrons. The van der Waals surface area contributed by atoms with E-state index in [0.717, 1.165) is 36.0 Å². The average molecular weight is 430 g/mol. The van der Waals surface area contributed by atoms with E-state index in [0.29, 0.717) is 0 Å². The van der Waals surface area contributed by atoms with Gasteiger partial charge in [0.2, 0.25) is 0 Å². The second-order valence-corrected chi connectivity index (χ2v) is 9.63. The number of nitrogens with zero attached hydrogens (tertiary/aromatic N) is 4. The summed E-state index contributed by atoms with van der Waals surface area (Å²) in [5, 5.41) is 15.0. The van der Waals surface area contributed by atoms with Crippen molar-refractivity contribution in [1.82, 2.24) is 15.1 Å². The van der Waals surface area contributed by atoms with Gasteiger partial charge in [-0.2, -0.15) is 5.10 Å². The maximum absolute atomic E-state index is 4.58. The van der Waals surface area contributed by atoms with Crippen LogP contribution in [-0.4, -0.2) is 47.3 Å². The highest BCUT2D eigenvalue weighted by Gasteiger charge is 2.28. The zero-order valence-corrected chi connectivity index (χ0v) is 19.9. The van der Waals surface area contributed by atoms with Crippen molar-refractivity contribution in [2.24, 2.45) is 0 Å². The van der Waals surface area contributed by atoms with Crippen molar-refractivity contribution in [2.45, 2.75) is 59.0 Å². The minimum Gasteiger partial charge on any atom is -0.371 e. The van der Waals surface area contributed by atoms with Crippen LogP contribution in [0.5, 0.6) is 0 Å². The fraction of sp³-hybridized carbons (Fsp3) is 0.481. The van der Waals surface area contributed by atoms with Gasteiger partial charge >= 0.3 is 0 Å². The highest BCUT2D eigenvalue weighted by Crippen LogP contribution is 2.32. The standard InChI is InChI=1S/C27H35N5/c1-18-7-5-8-24(19(18)2)20(3)28-27-26-17-23(9-10-25(26)21(4)29-30-27)32-15-11-22(12-16-32)31-13-6-14-31/h5,7-10,17,20,22H,6,11-16H2,1-4H3,(H,28,30)/t20-/m1/s1. The molecule has 1 N–H and O–H groups in total. The van der Waals surface area contributed by atoms with Gasteiger partial charge in [0.15, 0.2) is 5.82 Å². The first-order valence-corrected chi connectivity index (χ1v) is 12.1. The summed E-state index contributed by atoms with van der Waals surface area (Å²) in [5.41, 5.74) is 6.25. The molecule has 1 aromatic heterocycles. The van der Waals surface area contributed by atoms with Crippen LogP contribution in [0.4, 0.5) is 11.5 Å². The van der Waals surface area contributed by atoms with Crippen molar-refractivity contribution in [2.75, 3.05) is 36.4 Å². The molecule has 5 rings (SSSR count). The summed E-state index contributed by atoms with van der Waals surface area (Å²) in [7, 11) is 0. The summed E-state index contributed by atoms with van der Waals surface area (Å²) < 4.78 is 0. The lowest BCUT2D eigenvalue weighted by Crippen LogP contribution is -2.50. The number of hydrogen-bond acceptors (Lipinski definition) is 5. The van der Waals surface area contributed by atoms with E-state index >= 15 is 0 Å². The Morgan fingerprint density at radius 3 is 2.44 bits per heavy atom. The van der Waals surface area contributed by atoms with Crippen molar-refractivity contribution in [1.29, 1.82) is 0 Å². The molecular weight excluding hydrogens is 394 g/mol. The van der Waals surface area contributed by atoms with Gasteiger partial charge < -0.3 is 15.1 Å². The first kappa shape index (κ1) is 21.2. The summed E-state index contributed by atoms with van der Waals surface area (Å²) >= 11 is 0. The van der Waals surface area contributed by atoms with E-state index in [-0.39, 0.29) is 6.04 Å².